The van der Waals surface area contributed by atoms with E-state index in [1.807, 2.05) is 0 Å². The summed E-state index contributed by atoms with van der Waals surface area (Å²) in [5, 5.41) is 14.9. The first kappa shape index (κ1) is 29.1. The van der Waals surface area contributed by atoms with E-state index in [4.69, 9.17) is 4.74 Å². The number of rotatable bonds is 18. The van der Waals surface area contributed by atoms with Gasteiger partial charge in [0.25, 0.3) is 0 Å². The molecule has 0 fully saturated rings. The molecule has 0 bridgehead atoms. The fraction of sp³-hybridized carbons (Fsp3) is 0.429. The topological polar surface area (TPSA) is 70.9 Å². The van der Waals surface area contributed by atoms with Crippen LogP contribution in [-0.2, 0) is 11.3 Å². The molecule has 1 aromatic rings. The Morgan fingerprint density at radius 3 is 2.24 bits per heavy atom. The first-order chi connectivity index (χ1) is 16.7. The molecule has 34 heavy (non-hydrogen) atoms. The smallest absolute Gasteiger partial charge is 0.220 e. The number of nitrogens with one attached hydrogen (secondary N) is 1. The van der Waals surface area contributed by atoms with E-state index in [1.54, 1.807) is 18.2 Å². The predicted molar refractivity (Wildman–Crippen MR) is 145 cm³/mol. The van der Waals surface area contributed by atoms with Crippen LogP contribution in [0.4, 0.5) is 0 Å². The summed E-state index contributed by atoms with van der Waals surface area (Å²) in [6.07, 6.45) is 25.8. The van der Waals surface area contributed by atoms with Crippen molar-refractivity contribution in [1.29, 1.82) is 0 Å². The van der Waals surface area contributed by atoms with Crippen LogP contribution >= 0.6 is 12.2 Å². The van der Waals surface area contributed by atoms with Crippen molar-refractivity contribution in [2.75, 3.05) is 13.7 Å². The van der Waals surface area contributed by atoms with E-state index in [2.05, 4.69) is 76.3 Å². The lowest BCUT2D eigenvalue weighted by atomic mass is 10.2. The van der Waals surface area contributed by atoms with Gasteiger partial charge < -0.3 is 15.2 Å². The van der Waals surface area contributed by atoms with E-state index in [0.717, 1.165) is 63.5 Å². The first-order valence-corrected chi connectivity index (χ1v) is 12.3. The van der Waals surface area contributed by atoms with Crippen molar-refractivity contribution >= 4 is 23.3 Å². The fourth-order valence-corrected chi connectivity index (χ4v) is 3.14. The van der Waals surface area contributed by atoms with Crippen LogP contribution < -0.4 is 10.1 Å². The second-order valence-corrected chi connectivity index (χ2v) is 7.92. The third-order valence-corrected chi connectivity index (χ3v) is 5.08. The molecule has 0 saturated carbocycles. The minimum absolute atomic E-state index is 0.0266. The first-order valence-electron chi connectivity index (χ1n) is 11.9. The summed E-state index contributed by atoms with van der Waals surface area (Å²) in [6, 6.07) is 5.06. The molecule has 0 heterocycles. The van der Waals surface area contributed by atoms with E-state index < -0.39 is 0 Å². The number of allylic oxidation sites excluding steroid dienone is 8. The molecule has 0 unspecified atom stereocenters. The number of carbonyl (C=O) groups excluding carboxylic acids is 1. The van der Waals surface area contributed by atoms with E-state index >= 15 is 0 Å². The molecule has 5 nitrogen and oxygen atoms in total. The Bertz CT molecular complexity index is 868. The van der Waals surface area contributed by atoms with E-state index in [0.29, 0.717) is 18.7 Å². The van der Waals surface area contributed by atoms with Crippen molar-refractivity contribution in [1.82, 2.24) is 5.32 Å². The molecule has 0 atom stereocenters. The van der Waals surface area contributed by atoms with Gasteiger partial charge in [-0.3, -0.25) is 4.79 Å². The van der Waals surface area contributed by atoms with Crippen molar-refractivity contribution in [3.63, 3.8) is 0 Å². The molecule has 0 aliphatic carbocycles. The summed E-state index contributed by atoms with van der Waals surface area (Å²) in [5.74, 6) is 0.529. The number of benzene rings is 1. The molecular formula is C28H38N2O3S. The second kappa shape index (κ2) is 20.6. The summed E-state index contributed by atoms with van der Waals surface area (Å²) in [7, 11) is 1.50. The van der Waals surface area contributed by atoms with Gasteiger partial charge in [0.15, 0.2) is 11.5 Å². The largest absolute Gasteiger partial charge is 0.504 e. The maximum atomic E-state index is 12.0. The Kier molecular flexibility index (Phi) is 17.7. The van der Waals surface area contributed by atoms with Crippen LogP contribution in [0.5, 0.6) is 11.5 Å². The third kappa shape index (κ3) is 15.8. The fourth-order valence-electron chi connectivity index (χ4n) is 3.05. The van der Waals surface area contributed by atoms with Crippen molar-refractivity contribution in [3.05, 3.63) is 72.4 Å². The zero-order valence-corrected chi connectivity index (χ0v) is 21.1. The van der Waals surface area contributed by atoms with Crippen LogP contribution in [0, 0.1) is 0 Å². The maximum absolute atomic E-state index is 12.0. The molecule has 184 valence electrons. The van der Waals surface area contributed by atoms with Crippen LogP contribution in [0.15, 0.2) is 71.8 Å². The van der Waals surface area contributed by atoms with Gasteiger partial charge in [0, 0.05) is 19.5 Å². The summed E-state index contributed by atoms with van der Waals surface area (Å²) in [6.45, 7) is 1.21. The lowest BCUT2D eigenvalue weighted by molar-refractivity contribution is -0.121. The molecule has 1 amide bonds. The van der Waals surface area contributed by atoms with Crippen LogP contribution in [0.25, 0.3) is 0 Å². The molecule has 1 rings (SSSR count). The van der Waals surface area contributed by atoms with Crippen molar-refractivity contribution < 1.29 is 14.6 Å². The monoisotopic (exact) mass is 482 g/mol. The van der Waals surface area contributed by atoms with Crippen LogP contribution in [0.1, 0.15) is 63.4 Å². The standard InChI is InChI=1S/C28H38N2O3S/c1-33-27-22-25(19-20-26(27)31)23-30-28(32)18-16-14-12-10-8-6-4-2-3-5-7-9-11-13-15-17-21-29-24-34/h3-6,9-12,19-20,22,31H,2,7-8,13-18,21,23H2,1H3,(H,30,32). The molecule has 2 N–H and O–H groups in total. The Labute approximate surface area is 210 Å². The minimum atomic E-state index is 0.0266. The summed E-state index contributed by atoms with van der Waals surface area (Å²) in [5.41, 5.74) is 0.890. The molecular weight excluding hydrogens is 444 g/mol. The van der Waals surface area contributed by atoms with Crippen LogP contribution in [0.2, 0.25) is 0 Å². The summed E-state index contributed by atoms with van der Waals surface area (Å²) in [4.78, 5) is 15.9. The van der Waals surface area contributed by atoms with Crippen LogP contribution in [-0.4, -0.2) is 29.8 Å². The van der Waals surface area contributed by atoms with E-state index in [9.17, 15) is 9.90 Å². The highest BCUT2D eigenvalue weighted by Gasteiger charge is 2.04. The zero-order chi connectivity index (χ0) is 24.7. The number of amides is 1. The molecule has 0 aromatic heterocycles. The molecule has 0 aliphatic heterocycles. The number of unbranched alkanes of at least 4 members (excludes halogenated alkanes) is 3. The Morgan fingerprint density at radius 1 is 1.00 bits per heavy atom. The number of ether oxygens (including phenoxy) is 1. The average Bonchev–Trinajstić information content (AvgIpc) is 2.85. The lowest BCUT2D eigenvalue weighted by Gasteiger charge is -2.08. The molecule has 0 aliphatic rings. The molecule has 6 heteroatoms. The van der Waals surface area contributed by atoms with Gasteiger partial charge in [-0.1, -0.05) is 54.7 Å². The number of isothiocyanates is 1. The number of phenols is 1. The molecule has 1 aromatic carbocycles. The highest BCUT2D eigenvalue weighted by molar-refractivity contribution is 7.78. The van der Waals surface area contributed by atoms with Crippen molar-refractivity contribution in [3.8, 4) is 11.5 Å². The number of thiocarbonyl (C=S) groups is 1. The number of hydrogen-bond donors (Lipinski definition) is 2. The number of hydrogen-bond acceptors (Lipinski definition) is 5. The minimum Gasteiger partial charge on any atom is -0.504 e. The number of aromatic hydroxyl groups is 1. The summed E-state index contributed by atoms with van der Waals surface area (Å²) >= 11 is 4.54. The molecule has 0 radical (unpaired) electrons. The van der Waals surface area contributed by atoms with Gasteiger partial charge in [0.05, 0.1) is 12.3 Å². The number of methoxy groups -OCH3 is 1. The Balaban J connectivity index is 2.01. The van der Waals surface area contributed by atoms with Crippen molar-refractivity contribution in [2.24, 2.45) is 4.99 Å². The van der Waals surface area contributed by atoms with E-state index in [-0.39, 0.29) is 11.7 Å². The lowest BCUT2D eigenvalue weighted by Crippen LogP contribution is -2.22. The highest BCUT2D eigenvalue weighted by Crippen LogP contribution is 2.26. The third-order valence-electron chi connectivity index (χ3n) is 4.95. The number of nitrogens with zero attached hydrogens (tertiary/aromatic N) is 1. The van der Waals surface area contributed by atoms with E-state index in [1.165, 1.54) is 7.11 Å². The summed E-state index contributed by atoms with van der Waals surface area (Å²) < 4.78 is 5.08. The van der Waals surface area contributed by atoms with Crippen LogP contribution in [0.3, 0.4) is 0 Å². The predicted octanol–water partition coefficient (Wildman–Crippen LogP) is 6.86. The Hall–Kier alpha value is -2.95. The van der Waals surface area contributed by atoms with Gasteiger partial charge in [-0.25, -0.2) is 4.99 Å². The second-order valence-electron chi connectivity index (χ2n) is 7.74. The highest BCUT2D eigenvalue weighted by atomic mass is 32.1. The zero-order valence-electron chi connectivity index (χ0n) is 20.2. The number of aliphatic imine (C=N–C) groups is 1. The van der Waals surface area contributed by atoms with Gasteiger partial charge >= 0.3 is 0 Å². The maximum Gasteiger partial charge on any atom is 0.220 e. The van der Waals surface area contributed by atoms with Gasteiger partial charge in [0.1, 0.15) is 0 Å². The molecule has 0 spiro atoms. The Morgan fingerprint density at radius 2 is 1.62 bits per heavy atom. The van der Waals surface area contributed by atoms with Gasteiger partial charge in [0.2, 0.25) is 5.91 Å². The average molecular weight is 483 g/mol. The molecule has 0 saturated heterocycles. The number of phenolic OH excluding ortho intramolecular Hbond substituents is 1. The van der Waals surface area contributed by atoms with Crippen molar-refractivity contribution in [2.45, 2.75) is 64.3 Å². The van der Waals surface area contributed by atoms with Gasteiger partial charge in [-0.2, -0.15) is 0 Å². The SMILES string of the molecule is COc1cc(CNC(=O)CCCC=CCC=CCC=CCC=CCCCCN=C=S)ccc1O. The normalized spacial score (nSPS) is 11.6. The van der Waals surface area contributed by atoms with Gasteiger partial charge in [-0.05, 0) is 81.3 Å². The van der Waals surface area contributed by atoms with Gasteiger partial charge in [-0.15, -0.1) is 0 Å². The quantitative estimate of drug-likeness (QED) is 0.104. The number of carbonyl (C=O) groups is 1.